The average Bonchev–Trinajstić information content (AvgIpc) is 3.17. The molecule has 2 aromatic rings. The molecule has 0 aliphatic carbocycles. The van der Waals surface area contributed by atoms with Gasteiger partial charge in [-0.1, -0.05) is 0 Å². The lowest BCUT2D eigenvalue weighted by molar-refractivity contribution is -0.118. The Morgan fingerprint density at radius 2 is 2.17 bits per heavy atom. The van der Waals surface area contributed by atoms with Crippen molar-refractivity contribution in [3.8, 4) is 17.1 Å². The largest absolute Gasteiger partial charge is 0.491 e. The van der Waals surface area contributed by atoms with Crippen LogP contribution in [0.25, 0.3) is 11.4 Å². The molecule has 0 spiro atoms. The van der Waals surface area contributed by atoms with Gasteiger partial charge in [0.1, 0.15) is 30.3 Å². The minimum absolute atomic E-state index is 0.0230. The summed E-state index contributed by atoms with van der Waals surface area (Å²) in [6, 6.07) is 3.09. The van der Waals surface area contributed by atoms with Gasteiger partial charge in [-0.2, -0.15) is 0 Å². The predicted molar refractivity (Wildman–Crippen MR) is 106 cm³/mol. The molecule has 3 N–H and O–H groups in total. The van der Waals surface area contributed by atoms with Crippen LogP contribution in [0.5, 0.6) is 5.75 Å². The molecule has 1 saturated heterocycles. The molecule has 1 fully saturated rings. The van der Waals surface area contributed by atoms with Gasteiger partial charge in [0.2, 0.25) is 15.9 Å². The topological polar surface area (TPSA) is 120 Å². The van der Waals surface area contributed by atoms with E-state index in [1.807, 2.05) is 0 Å². The van der Waals surface area contributed by atoms with E-state index < -0.39 is 34.4 Å². The summed E-state index contributed by atoms with van der Waals surface area (Å²) in [6.45, 7) is 2.27. The fourth-order valence-corrected chi connectivity index (χ4v) is 5.34. The summed E-state index contributed by atoms with van der Waals surface area (Å²) in [5.74, 6) is 0.0257. The highest BCUT2D eigenvalue weighted by Crippen LogP contribution is 2.38. The van der Waals surface area contributed by atoms with Crippen LogP contribution in [0.1, 0.15) is 13.3 Å². The van der Waals surface area contributed by atoms with Crippen LogP contribution in [-0.4, -0.2) is 54.7 Å². The molecule has 2 aliphatic heterocycles. The zero-order chi connectivity index (χ0) is 21.6. The van der Waals surface area contributed by atoms with Crippen molar-refractivity contribution in [2.45, 2.75) is 38.4 Å². The number of halogens is 2. The molecule has 0 bridgehead atoms. The standard InChI is InChI=1S/C18H21F2N5O4S/c1-10(17(21)26)22-11-2-3-12-14(8-11)29-6-5-24-9-15(23-18(12)24)25-13(16(19)20)4-7-30(25,27)28/h2-3,8-10,13,16,22H,4-7H2,1H3,(H2,21,26)/t10?,13-/m0/s1. The molecule has 0 radical (unpaired) electrons. The third-order valence-electron chi connectivity index (χ3n) is 5.18. The van der Waals surface area contributed by atoms with Crippen LogP contribution in [0.2, 0.25) is 0 Å². The van der Waals surface area contributed by atoms with Crippen molar-refractivity contribution in [1.82, 2.24) is 9.55 Å². The first-order valence-corrected chi connectivity index (χ1v) is 11.0. The maximum absolute atomic E-state index is 13.4. The molecule has 2 atom stereocenters. The average molecular weight is 441 g/mol. The first kappa shape index (κ1) is 20.4. The molecule has 3 heterocycles. The van der Waals surface area contributed by atoms with E-state index in [1.165, 1.54) is 6.20 Å². The molecular weight excluding hydrogens is 420 g/mol. The number of ether oxygens (including phenoxy) is 1. The van der Waals surface area contributed by atoms with E-state index in [9.17, 15) is 22.0 Å². The number of alkyl halides is 2. The second-order valence-electron chi connectivity index (χ2n) is 7.25. The van der Waals surface area contributed by atoms with Gasteiger partial charge < -0.3 is 20.4 Å². The van der Waals surface area contributed by atoms with Gasteiger partial charge >= 0.3 is 0 Å². The number of carbonyl (C=O) groups is 1. The molecule has 12 heteroatoms. The Morgan fingerprint density at radius 1 is 1.40 bits per heavy atom. The molecule has 9 nitrogen and oxygen atoms in total. The van der Waals surface area contributed by atoms with Gasteiger partial charge in [-0.25, -0.2) is 26.5 Å². The number of nitrogens with zero attached hydrogens (tertiary/aromatic N) is 3. The summed E-state index contributed by atoms with van der Waals surface area (Å²) in [5.41, 5.74) is 6.47. The summed E-state index contributed by atoms with van der Waals surface area (Å²) in [5, 5.41) is 2.96. The van der Waals surface area contributed by atoms with Crippen molar-refractivity contribution in [2.24, 2.45) is 5.73 Å². The number of sulfonamides is 1. The number of fused-ring (bicyclic) bond motifs is 3. The highest BCUT2D eigenvalue weighted by molar-refractivity contribution is 7.93. The van der Waals surface area contributed by atoms with E-state index in [0.717, 1.165) is 4.31 Å². The predicted octanol–water partition coefficient (Wildman–Crippen LogP) is 1.40. The van der Waals surface area contributed by atoms with Gasteiger partial charge in [-0.3, -0.25) is 4.79 Å². The minimum atomic E-state index is -3.86. The van der Waals surface area contributed by atoms with Crippen LogP contribution in [0, 0.1) is 0 Å². The maximum Gasteiger partial charge on any atom is 0.259 e. The Morgan fingerprint density at radius 3 is 2.87 bits per heavy atom. The number of primary amides is 1. The van der Waals surface area contributed by atoms with E-state index in [0.29, 0.717) is 29.4 Å². The Balaban J connectivity index is 1.72. The lowest BCUT2D eigenvalue weighted by Crippen LogP contribution is -2.38. The van der Waals surface area contributed by atoms with Gasteiger partial charge in [0.15, 0.2) is 5.82 Å². The number of nitrogens with two attached hydrogens (primary N) is 1. The number of hydrogen-bond acceptors (Lipinski definition) is 6. The van der Waals surface area contributed by atoms with Crippen molar-refractivity contribution < 1.29 is 26.7 Å². The number of imidazole rings is 1. The van der Waals surface area contributed by atoms with Gasteiger partial charge in [0.25, 0.3) is 6.43 Å². The molecule has 2 aliphatic rings. The molecular formula is C18H21F2N5O4S. The van der Waals surface area contributed by atoms with Crippen LogP contribution in [0.3, 0.4) is 0 Å². The van der Waals surface area contributed by atoms with E-state index in [4.69, 9.17) is 10.5 Å². The number of hydrogen-bond donors (Lipinski definition) is 2. The monoisotopic (exact) mass is 441 g/mol. The van der Waals surface area contributed by atoms with Crippen LogP contribution < -0.4 is 20.1 Å². The quantitative estimate of drug-likeness (QED) is 0.724. The van der Waals surface area contributed by atoms with Crippen LogP contribution in [0.15, 0.2) is 24.4 Å². The third kappa shape index (κ3) is 3.55. The fraction of sp³-hybridized carbons (Fsp3) is 0.444. The number of anilines is 2. The normalized spacial score (nSPS) is 20.8. The summed E-state index contributed by atoms with van der Waals surface area (Å²) in [6.07, 6.45) is -1.48. The molecule has 30 heavy (non-hydrogen) atoms. The second-order valence-corrected chi connectivity index (χ2v) is 9.21. The van der Waals surface area contributed by atoms with Crippen LogP contribution in [-0.2, 0) is 21.4 Å². The van der Waals surface area contributed by atoms with Crippen molar-refractivity contribution in [3.05, 3.63) is 24.4 Å². The number of aromatic nitrogens is 2. The lowest BCUT2D eigenvalue weighted by atomic mass is 10.1. The molecule has 1 unspecified atom stereocenters. The summed E-state index contributed by atoms with van der Waals surface area (Å²) >= 11 is 0. The molecule has 1 amide bonds. The zero-order valence-electron chi connectivity index (χ0n) is 16.1. The Bertz CT molecular complexity index is 1090. The van der Waals surface area contributed by atoms with Crippen molar-refractivity contribution in [2.75, 3.05) is 22.0 Å². The van der Waals surface area contributed by atoms with Gasteiger partial charge in [-0.05, 0) is 25.5 Å². The Kier molecular flexibility index (Phi) is 5.04. The molecule has 4 rings (SSSR count). The van der Waals surface area contributed by atoms with Gasteiger partial charge in [-0.15, -0.1) is 0 Å². The Labute approximate surface area is 171 Å². The van der Waals surface area contributed by atoms with Gasteiger partial charge in [0.05, 0.1) is 17.9 Å². The number of rotatable bonds is 5. The number of carbonyl (C=O) groups excluding carboxylic acids is 1. The molecule has 162 valence electrons. The zero-order valence-corrected chi connectivity index (χ0v) is 16.9. The van der Waals surface area contributed by atoms with E-state index in [2.05, 4.69) is 10.3 Å². The SMILES string of the molecule is CC(Nc1ccc2c(c1)OCCn1cc(N3[C@H](C(F)F)CCS3(=O)=O)nc1-2)C(N)=O. The van der Waals surface area contributed by atoms with E-state index >= 15 is 0 Å². The fourth-order valence-electron chi connectivity index (χ4n) is 3.62. The van der Waals surface area contributed by atoms with Crippen molar-refractivity contribution in [3.63, 3.8) is 0 Å². The summed E-state index contributed by atoms with van der Waals surface area (Å²) in [7, 11) is -3.86. The lowest BCUT2D eigenvalue weighted by Gasteiger charge is -2.22. The van der Waals surface area contributed by atoms with E-state index in [1.54, 1.807) is 29.7 Å². The van der Waals surface area contributed by atoms with Crippen molar-refractivity contribution in [1.29, 1.82) is 0 Å². The second kappa shape index (κ2) is 7.42. The highest BCUT2D eigenvalue weighted by atomic mass is 32.2. The van der Waals surface area contributed by atoms with Crippen LogP contribution in [0.4, 0.5) is 20.3 Å². The smallest absolute Gasteiger partial charge is 0.259 e. The molecule has 1 aromatic heterocycles. The molecule has 0 saturated carbocycles. The van der Waals surface area contributed by atoms with E-state index in [-0.39, 0.29) is 24.6 Å². The third-order valence-corrected chi connectivity index (χ3v) is 6.98. The first-order valence-electron chi connectivity index (χ1n) is 9.38. The highest BCUT2D eigenvalue weighted by Gasteiger charge is 2.44. The molecule has 1 aromatic carbocycles. The van der Waals surface area contributed by atoms with Crippen LogP contribution >= 0.6 is 0 Å². The van der Waals surface area contributed by atoms with Gasteiger partial charge in [0, 0.05) is 18.0 Å². The Hall–Kier alpha value is -2.89. The summed E-state index contributed by atoms with van der Waals surface area (Å²) in [4.78, 5) is 15.7. The summed E-state index contributed by atoms with van der Waals surface area (Å²) < 4.78 is 59.8. The number of nitrogens with one attached hydrogen (secondary N) is 1. The first-order chi connectivity index (χ1) is 14.2. The van der Waals surface area contributed by atoms with Crippen molar-refractivity contribution >= 4 is 27.4 Å². The maximum atomic E-state index is 13.4. The minimum Gasteiger partial charge on any atom is -0.491 e. The number of benzene rings is 1. The number of amides is 1.